The zero-order chi connectivity index (χ0) is 8.74. The van der Waals surface area contributed by atoms with Crippen molar-refractivity contribution in [3.8, 4) is 0 Å². The van der Waals surface area contributed by atoms with Crippen molar-refractivity contribution in [3.63, 3.8) is 0 Å². The predicted octanol–water partition coefficient (Wildman–Crippen LogP) is -4.07. The third-order valence-corrected chi connectivity index (χ3v) is 1.88. The van der Waals surface area contributed by atoms with Crippen LogP contribution in [0.5, 0.6) is 0 Å². The third-order valence-electron chi connectivity index (χ3n) is 1.08. The van der Waals surface area contributed by atoms with E-state index in [1.807, 2.05) is 0 Å². The minimum absolute atomic E-state index is 0. The van der Waals surface area contributed by atoms with Crippen molar-refractivity contribution >= 4 is 10.1 Å². The van der Waals surface area contributed by atoms with Gasteiger partial charge in [-0.25, -0.2) is 0 Å². The molecule has 0 atom stereocenters. The summed E-state index contributed by atoms with van der Waals surface area (Å²) in [6.07, 6.45) is 0.416. The molecule has 0 unspecified atom stereocenters. The molecule has 0 aromatic heterocycles. The van der Waals surface area contributed by atoms with Crippen molar-refractivity contribution in [2.45, 2.75) is 6.42 Å². The second-order valence-electron chi connectivity index (χ2n) is 2.18. The van der Waals surface area contributed by atoms with Crippen molar-refractivity contribution in [3.05, 3.63) is 0 Å². The Balaban J connectivity index is -0.000000500. The van der Waals surface area contributed by atoms with Gasteiger partial charge in [0.05, 0.1) is 5.75 Å². The molecule has 70 valence electrons. The summed E-state index contributed by atoms with van der Waals surface area (Å²) in [5.74, 6) is -0.190. The van der Waals surface area contributed by atoms with E-state index in [0.29, 0.717) is 26.1 Å². The van der Waals surface area contributed by atoms with Crippen molar-refractivity contribution in [2.24, 2.45) is 5.73 Å². The van der Waals surface area contributed by atoms with Crippen molar-refractivity contribution < 1.29 is 44.0 Å². The molecule has 4 N–H and O–H groups in total. The van der Waals surface area contributed by atoms with E-state index in [1.165, 1.54) is 0 Å². The van der Waals surface area contributed by atoms with Crippen LogP contribution < -0.4 is 40.6 Å². The van der Waals surface area contributed by atoms with Crippen LogP contribution in [0.2, 0.25) is 0 Å². The molecule has 0 saturated heterocycles. The van der Waals surface area contributed by atoms with Gasteiger partial charge >= 0.3 is 29.6 Å². The fraction of sp³-hybridized carbons (Fsp3) is 1.00. The average Bonchev–Trinajstić information content (AvgIpc) is 1.85. The maximum Gasteiger partial charge on any atom is 1.00 e. The normalized spacial score (nSPS) is 10.8. The van der Waals surface area contributed by atoms with E-state index in [4.69, 9.17) is 10.3 Å². The minimum Gasteiger partial charge on any atom is -1.00 e. The molecule has 0 aromatic rings. The molecule has 0 spiro atoms. The van der Waals surface area contributed by atoms with Crippen molar-refractivity contribution in [1.29, 1.82) is 0 Å². The Hall–Kier alpha value is 0.830. The second-order valence-corrected chi connectivity index (χ2v) is 3.75. The first-order valence-corrected chi connectivity index (χ1v) is 5.03. The van der Waals surface area contributed by atoms with Crippen LogP contribution in [0.15, 0.2) is 0 Å². The first-order chi connectivity index (χ1) is 5.06. The van der Waals surface area contributed by atoms with Crippen LogP contribution >= 0.6 is 0 Å². The Morgan fingerprint density at radius 1 is 1.42 bits per heavy atom. The van der Waals surface area contributed by atoms with Crippen LogP contribution in [0.1, 0.15) is 7.85 Å². The van der Waals surface area contributed by atoms with E-state index < -0.39 is 10.1 Å². The standard InChI is InChI=1S/C5H14N2O3S.Na.H/c6-2-4-7-3-1-5-11(8,9)10;;/h7H,1-6H2,(H,8,9,10);;/q;+1;-1. The van der Waals surface area contributed by atoms with Crippen LogP contribution in [0.3, 0.4) is 0 Å². The molecule has 0 rings (SSSR count). The molecule has 0 bridgehead atoms. The maximum atomic E-state index is 10.2. The van der Waals surface area contributed by atoms with Gasteiger partial charge in [-0.1, -0.05) is 0 Å². The Kier molecular flexibility index (Phi) is 10.8. The summed E-state index contributed by atoms with van der Waals surface area (Å²) in [6, 6.07) is 0. The molecule has 0 saturated carbocycles. The number of hydrogen-bond donors (Lipinski definition) is 3. The summed E-state index contributed by atoms with van der Waals surface area (Å²) in [5.41, 5.74) is 5.17. The predicted molar refractivity (Wildman–Crippen MR) is 44.1 cm³/mol. The molecule has 0 aromatic carbocycles. The molecule has 0 aliphatic carbocycles. The molecule has 0 radical (unpaired) electrons. The molecule has 0 fully saturated rings. The van der Waals surface area contributed by atoms with E-state index >= 15 is 0 Å². The second kappa shape index (κ2) is 8.43. The number of nitrogens with two attached hydrogens (primary N) is 1. The summed E-state index contributed by atoms with van der Waals surface area (Å²) >= 11 is 0. The van der Waals surface area contributed by atoms with Crippen LogP contribution in [-0.4, -0.2) is 38.4 Å². The fourth-order valence-corrected chi connectivity index (χ4v) is 1.12. The molecular weight excluding hydrogens is 191 g/mol. The number of hydrogen-bond acceptors (Lipinski definition) is 4. The molecule has 0 aliphatic heterocycles. The number of nitrogens with one attached hydrogen (secondary N) is 1. The zero-order valence-corrected chi connectivity index (χ0v) is 10.1. The van der Waals surface area contributed by atoms with Gasteiger partial charge < -0.3 is 12.5 Å². The summed E-state index contributed by atoms with van der Waals surface area (Å²) in [4.78, 5) is 0. The topological polar surface area (TPSA) is 92.4 Å². The van der Waals surface area contributed by atoms with Gasteiger partial charge in [0.1, 0.15) is 0 Å². The molecule has 0 heterocycles. The van der Waals surface area contributed by atoms with Crippen LogP contribution in [0.25, 0.3) is 0 Å². The minimum atomic E-state index is -3.78. The van der Waals surface area contributed by atoms with E-state index in [9.17, 15) is 8.42 Å². The zero-order valence-electron chi connectivity index (χ0n) is 8.28. The van der Waals surface area contributed by atoms with E-state index in [-0.39, 0.29) is 36.7 Å². The Morgan fingerprint density at radius 3 is 2.42 bits per heavy atom. The van der Waals surface area contributed by atoms with Gasteiger partial charge in [-0.15, -0.1) is 0 Å². The molecule has 0 amide bonds. The van der Waals surface area contributed by atoms with Crippen molar-refractivity contribution in [1.82, 2.24) is 5.32 Å². The quantitative estimate of drug-likeness (QED) is 0.233. The average molecular weight is 206 g/mol. The Labute approximate surface area is 96.6 Å². The van der Waals surface area contributed by atoms with Crippen LogP contribution in [-0.2, 0) is 10.1 Å². The van der Waals surface area contributed by atoms with Crippen LogP contribution in [0.4, 0.5) is 0 Å². The first-order valence-electron chi connectivity index (χ1n) is 3.42. The molecule has 12 heavy (non-hydrogen) atoms. The molecule has 7 heteroatoms. The van der Waals surface area contributed by atoms with Gasteiger partial charge in [0.2, 0.25) is 0 Å². The third kappa shape index (κ3) is 13.4. The Bertz CT molecular complexity index is 188. The van der Waals surface area contributed by atoms with Crippen LogP contribution in [0, 0.1) is 0 Å². The van der Waals surface area contributed by atoms with Gasteiger partial charge in [0.15, 0.2) is 0 Å². The van der Waals surface area contributed by atoms with Gasteiger partial charge in [-0.05, 0) is 13.0 Å². The molecule has 5 nitrogen and oxygen atoms in total. The summed E-state index contributed by atoms with van der Waals surface area (Å²) in [7, 11) is -3.78. The largest absolute Gasteiger partial charge is 1.00 e. The van der Waals surface area contributed by atoms with E-state index in [0.717, 1.165) is 0 Å². The van der Waals surface area contributed by atoms with E-state index in [1.54, 1.807) is 0 Å². The monoisotopic (exact) mass is 206 g/mol. The summed E-state index contributed by atoms with van der Waals surface area (Å²) < 4.78 is 28.6. The SMILES string of the molecule is NCCNCCCS(=O)(=O)O.[H-].[Na+]. The van der Waals surface area contributed by atoms with Gasteiger partial charge in [0, 0.05) is 13.1 Å². The van der Waals surface area contributed by atoms with Crippen molar-refractivity contribution in [2.75, 3.05) is 25.4 Å². The van der Waals surface area contributed by atoms with Gasteiger partial charge in [-0.2, -0.15) is 8.42 Å². The molecular formula is C5H15N2NaO3S. The smallest absolute Gasteiger partial charge is 1.00 e. The van der Waals surface area contributed by atoms with Gasteiger partial charge in [0.25, 0.3) is 10.1 Å². The fourth-order valence-electron chi connectivity index (χ4n) is 0.607. The van der Waals surface area contributed by atoms with E-state index in [2.05, 4.69) is 5.32 Å². The van der Waals surface area contributed by atoms with Gasteiger partial charge in [-0.3, -0.25) is 4.55 Å². The summed E-state index contributed by atoms with van der Waals surface area (Å²) in [5, 5.41) is 2.91. The number of rotatable bonds is 6. The Morgan fingerprint density at radius 2 is 2.00 bits per heavy atom. The maximum absolute atomic E-state index is 10.2. The first kappa shape index (κ1) is 15.3. The summed E-state index contributed by atoms with van der Waals surface area (Å²) in [6.45, 7) is 1.77. The molecule has 0 aliphatic rings.